The zero-order valence-electron chi connectivity index (χ0n) is 10.5. The minimum Gasteiger partial charge on any atom is -0.494 e. The summed E-state index contributed by atoms with van der Waals surface area (Å²) in [6, 6.07) is 1.08. The Labute approximate surface area is 108 Å². The molecule has 1 aromatic rings. The second-order valence-corrected chi connectivity index (χ2v) is 3.42. The predicted molar refractivity (Wildman–Crippen MR) is 64.0 cm³/mol. The van der Waals surface area contributed by atoms with Gasteiger partial charge in [-0.25, -0.2) is 9.18 Å². The van der Waals surface area contributed by atoms with Gasteiger partial charge in [0.15, 0.2) is 11.6 Å². The summed E-state index contributed by atoms with van der Waals surface area (Å²) in [5.74, 6) is -5.72. The van der Waals surface area contributed by atoms with Gasteiger partial charge < -0.3 is 9.47 Å². The lowest BCUT2D eigenvalue weighted by molar-refractivity contribution is -0.137. The molecule has 102 valence electrons. The van der Waals surface area contributed by atoms with Crippen molar-refractivity contribution in [1.82, 2.24) is 0 Å². The van der Waals surface area contributed by atoms with Crippen molar-refractivity contribution in [3.05, 3.63) is 35.4 Å². The largest absolute Gasteiger partial charge is 0.494 e. The number of methoxy groups -OCH3 is 1. The third-order valence-corrected chi connectivity index (χ3v) is 2.33. The monoisotopic (exact) mass is 270 g/mol. The molecule has 0 aromatic heterocycles. The molecule has 4 nitrogen and oxygen atoms in total. The van der Waals surface area contributed by atoms with Gasteiger partial charge in [0.25, 0.3) is 5.78 Å². The number of hydrogen-bond acceptors (Lipinski definition) is 4. The van der Waals surface area contributed by atoms with E-state index in [4.69, 9.17) is 0 Å². The highest BCUT2D eigenvalue weighted by Crippen LogP contribution is 2.27. The summed E-state index contributed by atoms with van der Waals surface area (Å²) in [6.45, 7) is 4.82. The summed E-state index contributed by atoms with van der Waals surface area (Å²) in [5, 5.41) is 0. The predicted octanol–water partition coefficient (Wildman–Crippen LogP) is 2.36. The van der Waals surface area contributed by atoms with Crippen LogP contribution in [0.2, 0.25) is 0 Å². The summed E-state index contributed by atoms with van der Waals surface area (Å²) in [4.78, 5) is 23.0. The van der Waals surface area contributed by atoms with Gasteiger partial charge in [0.1, 0.15) is 0 Å². The fourth-order valence-corrected chi connectivity index (χ4v) is 1.46. The minimum absolute atomic E-state index is 0.0474. The van der Waals surface area contributed by atoms with Crippen molar-refractivity contribution in [2.45, 2.75) is 6.92 Å². The van der Waals surface area contributed by atoms with E-state index in [9.17, 15) is 18.4 Å². The van der Waals surface area contributed by atoms with Crippen molar-refractivity contribution in [2.24, 2.45) is 0 Å². The Morgan fingerprint density at radius 1 is 1.37 bits per heavy atom. The number of carbonyl (C=O) groups excluding carboxylic acids is 2. The Morgan fingerprint density at radius 2 is 2.00 bits per heavy atom. The van der Waals surface area contributed by atoms with Crippen LogP contribution in [0, 0.1) is 11.6 Å². The molecular formula is C13H12F2O4. The Balaban J connectivity index is 3.42. The van der Waals surface area contributed by atoms with Crippen LogP contribution in [0.5, 0.6) is 5.75 Å². The van der Waals surface area contributed by atoms with E-state index in [1.54, 1.807) is 0 Å². The van der Waals surface area contributed by atoms with E-state index in [1.807, 2.05) is 0 Å². The molecule has 0 atom stereocenters. The molecule has 0 spiro atoms. The van der Waals surface area contributed by atoms with Gasteiger partial charge in [-0.15, -0.1) is 0 Å². The fraction of sp³-hybridized carbons (Fsp3) is 0.231. The lowest BCUT2D eigenvalue weighted by Gasteiger charge is -2.10. The number of ketones is 1. The number of rotatable bonds is 5. The van der Waals surface area contributed by atoms with Crippen LogP contribution in [-0.2, 0) is 9.53 Å². The third-order valence-electron chi connectivity index (χ3n) is 2.33. The first kappa shape index (κ1) is 14.8. The van der Waals surface area contributed by atoms with E-state index in [-0.39, 0.29) is 17.9 Å². The Bertz CT molecular complexity index is 538. The zero-order chi connectivity index (χ0) is 14.6. The first-order valence-electron chi connectivity index (χ1n) is 5.37. The highest BCUT2D eigenvalue weighted by molar-refractivity contribution is 6.41. The average Bonchev–Trinajstić information content (AvgIpc) is 2.41. The normalized spacial score (nSPS) is 9.89. The second kappa shape index (κ2) is 6.08. The smallest absolute Gasteiger partial charge is 0.379 e. The molecule has 0 radical (unpaired) electrons. The molecular weight excluding hydrogens is 258 g/mol. The van der Waals surface area contributed by atoms with Gasteiger partial charge in [0.2, 0.25) is 5.82 Å². The maximum Gasteiger partial charge on any atom is 0.379 e. The molecule has 0 aliphatic rings. The molecule has 0 fully saturated rings. The molecule has 0 aliphatic carbocycles. The Hall–Kier alpha value is -2.24. The number of Topliss-reactive ketones (excluding diaryl/α,β-unsaturated/α-hetero) is 1. The number of benzene rings is 1. The quantitative estimate of drug-likeness (QED) is 0.468. The van der Waals surface area contributed by atoms with Gasteiger partial charge >= 0.3 is 5.97 Å². The minimum atomic E-state index is -1.47. The van der Waals surface area contributed by atoms with Gasteiger partial charge in [-0.05, 0) is 18.6 Å². The summed E-state index contributed by atoms with van der Waals surface area (Å²) in [5.41, 5.74) is -0.763. The van der Waals surface area contributed by atoms with E-state index >= 15 is 0 Å². The molecule has 0 saturated carbocycles. The average molecular weight is 270 g/mol. The Morgan fingerprint density at radius 3 is 2.47 bits per heavy atom. The molecule has 0 saturated heterocycles. The van der Waals surface area contributed by atoms with Gasteiger partial charge in [-0.1, -0.05) is 12.7 Å². The van der Waals surface area contributed by atoms with E-state index in [0.29, 0.717) is 0 Å². The van der Waals surface area contributed by atoms with Crippen LogP contribution in [0.25, 0.3) is 6.08 Å². The summed E-state index contributed by atoms with van der Waals surface area (Å²) in [6.07, 6.45) is 1.12. The van der Waals surface area contributed by atoms with Crippen LogP contribution in [-0.4, -0.2) is 25.5 Å². The van der Waals surface area contributed by atoms with Crippen LogP contribution in [0.4, 0.5) is 8.78 Å². The van der Waals surface area contributed by atoms with Crippen molar-refractivity contribution >= 4 is 17.8 Å². The summed E-state index contributed by atoms with van der Waals surface area (Å²) < 4.78 is 36.5. The Kier molecular flexibility index (Phi) is 4.74. The molecule has 6 heteroatoms. The van der Waals surface area contributed by atoms with Crippen LogP contribution in [0.3, 0.4) is 0 Å². The van der Waals surface area contributed by atoms with E-state index < -0.39 is 29.0 Å². The number of halogens is 2. The number of carbonyl (C=O) groups is 2. The van der Waals surface area contributed by atoms with Crippen molar-refractivity contribution in [1.29, 1.82) is 0 Å². The van der Waals surface area contributed by atoms with Crippen molar-refractivity contribution in [2.75, 3.05) is 13.7 Å². The van der Waals surface area contributed by atoms with Crippen molar-refractivity contribution < 1.29 is 27.8 Å². The molecule has 0 bridgehead atoms. The highest BCUT2D eigenvalue weighted by Gasteiger charge is 2.28. The molecule has 19 heavy (non-hydrogen) atoms. The van der Waals surface area contributed by atoms with Gasteiger partial charge in [0, 0.05) is 0 Å². The topological polar surface area (TPSA) is 52.6 Å². The lowest BCUT2D eigenvalue weighted by atomic mass is 10.0. The molecule has 0 unspecified atom stereocenters. The maximum absolute atomic E-state index is 13.8. The van der Waals surface area contributed by atoms with Gasteiger partial charge in [0.05, 0.1) is 19.3 Å². The van der Waals surface area contributed by atoms with Crippen molar-refractivity contribution in [3.8, 4) is 5.75 Å². The van der Waals surface area contributed by atoms with Crippen LogP contribution in [0.15, 0.2) is 12.6 Å². The maximum atomic E-state index is 13.8. The molecule has 0 amide bonds. The second-order valence-electron chi connectivity index (χ2n) is 3.42. The van der Waals surface area contributed by atoms with E-state index in [1.165, 1.54) is 6.92 Å². The first-order chi connectivity index (χ1) is 8.97. The first-order valence-corrected chi connectivity index (χ1v) is 5.37. The highest BCUT2D eigenvalue weighted by atomic mass is 19.2. The van der Waals surface area contributed by atoms with Crippen molar-refractivity contribution in [3.63, 3.8) is 0 Å². The lowest BCUT2D eigenvalue weighted by Crippen LogP contribution is -2.20. The zero-order valence-corrected chi connectivity index (χ0v) is 10.5. The third kappa shape index (κ3) is 2.78. The van der Waals surface area contributed by atoms with Gasteiger partial charge in [-0.3, -0.25) is 4.79 Å². The fourth-order valence-electron chi connectivity index (χ4n) is 1.46. The number of hydrogen-bond donors (Lipinski definition) is 0. The van der Waals surface area contributed by atoms with Crippen LogP contribution in [0.1, 0.15) is 22.8 Å². The molecule has 1 aromatic carbocycles. The van der Waals surface area contributed by atoms with Crippen LogP contribution >= 0.6 is 0 Å². The van der Waals surface area contributed by atoms with E-state index in [0.717, 1.165) is 19.3 Å². The summed E-state index contributed by atoms with van der Waals surface area (Å²) in [7, 11) is 1.15. The molecule has 0 aliphatic heterocycles. The standard InChI is InChI=1S/C13H12F2O4/c1-4-7-6-8(18-3)10(14)11(15)9(7)12(16)13(17)19-5-2/h4,6H,1,5H2,2-3H3. The molecule has 1 rings (SSSR count). The molecule has 0 heterocycles. The number of esters is 1. The number of ether oxygens (including phenoxy) is 2. The van der Waals surface area contributed by atoms with E-state index in [2.05, 4.69) is 16.1 Å². The molecule has 0 N–H and O–H groups in total. The SMILES string of the molecule is C=Cc1cc(OC)c(F)c(F)c1C(=O)C(=O)OCC. The van der Waals surface area contributed by atoms with Gasteiger partial charge in [-0.2, -0.15) is 4.39 Å². The van der Waals surface area contributed by atoms with Crippen LogP contribution < -0.4 is 4.74 Å². The summed E-state index contributed by atoms with van der Waals surface area (Å²) >= 11 is 0.